The van der Waals surface area contributed by atoms with E-state index < -0.39 is 12.0 Å². The van der Waals surface area contributed by atoms with Crippen LogP contribution in [-0.2, 0) is 14.3 Å². The van der Waals surface area contributed by atoms with Gasteiger partial charge in [-0.3, -0.25) is 14.5 Å². The molecule has 14 heavy (non-hydrogen) atoms. The summed E-state index contributed by atoms with van der Waals surface area (Å²) >= 11 is 0. The second kappa shape index (κ2) is 6.37. The molecule has 0 rings (SSSR count). The van der Waals surface area contributed by atoms with Crippen LogP contribution in [0.1, 0.15) is 19.8 Å². The van der Waals surface area contributed by atoms with E-state index in [2.05, 4.69) is 4.74 Å². The van der Waals surface area contributed by atoms with Crippen molar-refractivity contribution in [1.29, 1.82) is 0 Å². The number of ether oxygens (including phenoxy) is 1. The molecule has 0 aliphatic rings. The molecule has 0 amide bonds. The molecule has 0 aromatic heterocycles. The summed E-state index contributed by atoms with van der Waals surface area (Å²) in [5.41, 5.74) is 0. The van der Waals surface area contributed by atoms with Gasteiger partial charge in [0.2, 0.25) is 0 Å². The van der Waals surface area contributed by atoms with Crippen molar-refractivity contribution in [3.8, 4) is 0 Å². The van der Waals surface area contributed by atoms with Crippen molar-refractivity contribution in [2.75, 3.05) is 20.7 Å². The van der Waals surface area contributed by atoms with E-state index in [1.165, 1.54) is 7.11 Å². The molecule has 0 saturated heterocycles. The molecule has 1 unspecified atom stereocenters. The molecule has 5 nitrogen and oxygen atoms in total. The first-order chi connectivity index (χ1) is 6.52. The number of esters is 1. The van der Waals surface area contributed by atoms with Crippen LogP contribution < -0.4 is 0 Å². The molecule has 1 N–H and O–H groups in total. The molecule has 0 bridgehead atoms. The lowest BCUT2D eigenvalue weighted by molar-refractivity contribution is -0.147. The number of carboxylic acid groups (broad SMARTS) is 1. The van der Waals surface area contributed by atoms with Crippen LogP contribution in [0.3, 0.4) is 0 Å². The number of carbonyl (C=O) groups is 2. The maximum absolute atomic E-state index is 11.3. The fraction of sp³-hybridized carbons (Fsp3) is 0.778. The standard InChI is InChI=1S/C9H17NO4/c1-4-10(2)7(9(13)14-3)5-6-8(11)12/h7H,4-6H2,1-3H3,(H,11,12). The van der Waals surface area contributed by atoms with Crippen molar-refractivity contribution in [2.24, 2.45) is 0 Å². The Bertz CT molecular complexity index is 205. The van der Waals surface area contributed by atoms with Crippen molar-refractivity contribution in [2.45, 2.75) is 25.8 Å². The maximum atomic E-state index is 11.3. The fourth-order valence-electron chi connectivity index (χ4n) is 1.13. The van der Waals surface area contributed by atoms with Crippen molar-refractivity contribution in [3.63, 3.8) is 0 Å². The van der Waals surface area contributed by atoms with E-state index in [9.17, 15) is 9.59 Å². The first-order valence-electron chi connectivity index (χ1n) is 4.52. The number of carbonyl (C=O) groups excluding carboxylic acids is 1. The summed E-state index contributed by atoms with van der Waals surface area (Å²) in [5, 5.41) is 8.50. The predicted octanol–water partition coefficient (Wildman–Crippen LogP) is 0.344. The number of methoxy groups -OCH3 is 1. The maximum Gasteiger partial charge on any atom is 0.323 e. The summed E-state index contributed by atoms with van der Waals surface area (Å²) in [4.78, 5) is 23.4. The zero-order valence-electron chi connectivity index (χ0n) is 8.82. The van der Waals surface area contributed by atoms with Gasteiger partial charge in [0.1, 0.15) is 6.04 Å². The van der Waals surface area contributed by atoms with Crippen molar-refractivity contribution in [1.82, 2.24) is 4.90 Å². The molecule has 0 saturated carbocycles. The van der Waals surface area contributed by atoms with E-state index in [0.717, 1.165) is 0 Å². The lowest BCUT2D eigenvalue weighted by Crippen LogP contribution is -2.39. The Morgan fingerprint density at radius 3 is 2.43 bits per heavy atom. The average Bonchev–Trinajstić information content (AvgIpc) is 2.16. The third-order valence-corrected chi connectivity index (χ3v) is 2.14. The molecule has 0 aliphatic carbocycles. The van der Waals surface area contributed by atoms with Crippen LogP contribution in [0.4, 0.5) is 0 Å². The lowest BCUT2D eigenvalue weighted by Gasteiger charge is -2.23. The van der Waals surface area contributed by atoms with Crippen molar-refractivity contribution < 1.29 is 19.4 Å². The Morgan fingerprint density at radius 2 is 2.07 bits per heavy atom. The number of nitrogens with zero attached hydrogens (tertiary/aromatic N) is 1. The Kier molecular flexibility index (Phi) is 5.87. The molecule has 1 atom stereocenters. The normalized spacial score (nSPS) is 12.6. The van der Waals surface area contributed by atoms with Crippen LogP contribution in [0, 0.1) is 0 Å². The van der Waals surface area contributed by atoms with E-state index in [4.69, 9.17) is 5.11 Å². The largest absolute Gasteiger partial charge is 0.481 e. The van der Waals surface area contributed by atoms with E-state index in [0.29, 0.717) is 6.54 Å². The molecule has 0 aromatic rings. The Labute approximate surface area is 83.6 Å². The minimum Gasteiger partial charge on any atom is -0.481 e. The fourth-order valence-corrected chi connectivity index (χ4v) is 1.13. The number of hydrogen-bond donors (Lipinski definition) is 1. The quantitative estimate of drug-likeness (QED) is 0.631. The Balaban J connectivity index is 4.24. The van der Waals surface area contributed by atoms with E-state index in [1.54, 1.807) is 11.9 Å². The van der Waals surface area contributed by atoms with Gasteiger partial charge >= 0.3 is 11.9 Å². The van der Waals surface area contributed by atoms with Gasteiger partial charge in [-0.05, 0) is 20.0 Å². The van der Waals surface area contributed by atoms with Gasteiger partial charge < -0.3 is 9.84 Å². The molecule has 0 aliphatic heterocycles. The lowest BCUT2D eigenvalue weighted by atomic mass is 10.1. The Morgan fingerprint density at radius 1 is 1.50 bits per heavy atom. The summed E-state index contributed by atoms with van der Waals surface area (Å²) in [7, 11) is 3.07. The highest BCUT2D eigenvalue weighted by molar-refractivity contribution is 5.76. The molecule has 0 fully saturated rings. The van der Waals surface area contributed by atoms with Gasteiger partial charge in [-0.2, -0.15) is 0 Å². The second-order valence-corrected chi connectivity index (χ2v) is 3.04. The third kappa shape index (κ3) is 4.23. The second-order valence-electron chi connectivity index (χ2n) is 3.04. The van der Waals surface area contributed by atoms with Crippen molar-refractivity contribution >= 4 is 11.9 Å². The van der Waals surface area contributed by atoms with Crippen LogP contribution in [-0.4, -0.2) is 48.7 Å². The topological polar surface area (TPSA) is 66.8 Å². The van der Waals surface area contributed by atoms with Gasteiger partial charge in [-0.15, -0.1) is 0 Å². The zero-order valence-corrected chi connectivity index (χ0v) is 8.82. The molecule has 0 aromatic carbocycles. The summed E-state index contributed by atoms with van der Waals surface area (Å²) < 4.78 is 4.59. The first-order valence-corrected chi connectivity index (χ1v) is 4.52. The van der Waals surface area contributed by atoms with E-state index >= 15 is 0 Å². The minimum atomic E-state index is -0.900. The molecular formula is C9H17NO4. The monoisotopic (exact) mass is 203 g/mol. The van der Waals surface area contributed by atoms with Gasteiger partial charge in [-0.1, -0.05) is 6.92 Å². The van der Waals surface area contributed by atoms with Gasteiger partial charge in [0.25, 0.3) is 0 Å². The minimum absolute atomic E-state index is 0.0237. The first kappa shape index (κ1) is 12.9. The molecule has 0 heterocycles. The molecular weight excluding hydrogens is 186 g/mol. The number of rotatable bonds is 6. The van der Waals surface area contributed by atoms with Gasteiger partial charge in [-0.25, -0.2) is 0 Å². The highest BCUT2D eigenvalue weighted by Gasteiger charge is 2.23. The predicted molar refractivity (Wildman–Crippen MR) is 51.0 cm³/mol. The Hall–Kier alpha value is -1.10. The van der Waals surface area contributed by atoms with Gasteiger partial charge in [0.05, 0.1) is 7.11 Å². The van der Waals surface area contributed by atoms with Crippen LogP contribution in [0.2, 0.25) is 0 Å². The number of aliphatic carboxylic acids is 1. The van der Waals surface area contributed by atoms with E-state index in [1.807, 2.05) is 6.92 Å². The summed E-state index contributed by atoms with van der Waals surface area (Å²) in [6.07, 6.45) is 0.260. The molecule has 5 heteroatoms. The number of carboxylic acids is 1. The summed E-state index contributed by atoms with van der Waals surface area (Å²) in [5.74, 6) is -1.28. The highest BCUT2D eigenvalue weighted by Crippen LogP contribution is 2.06. The van der Waals surface area contributed by atoms with Gasteiger partial charge in [0, 0.05) is 6.42 Å². The summed E-state index contributed by atoms with van der Waals surface area (Å²) in [6, 6.07) is -0.457. The third-order valence-electron chi connectivity index (χ3n) is 2.14. The number of likely N-dealkylation sites (N-methyl/N-ethyl adjacent to an activating group) is 1. The smallest absolute Gasteiger partial charge is 0.323 e. The molecule has 0 radical (unpaired) electrons. The van der Waals surface area contributed by atoms with Crippen LogP contribution in [0.5, 0.6) is 0 Å². The molecule has 0 spiro atoms. The summed E-state index contributed by atoms with van der Waals surface area (Å²) in [6.45, 7) is 2.58. The highest BCUT2D eigenvalue weighted by atomic mass is 16.5. The van der Waals surface area contributed by atoms with Crippen LogP contribution in [0.15, 0.2) is 0 Å². The SMILES string of the molecule is CCN(C)C(CCC(=O)O)C(=O)OC. The van der Waals surface area contributed by atoms with Crippen LogP contribution >= 0.6 is 0 Å². The van der Waals surface area contributed by atoms with Crippen molar-refractivity contribution in [3.05, 3.63) is 0 Å². The average molecular weight is 203 g/mol. The van der Waals surface area contributed by atoms with E-state index in [-0.39, 0.29) is 18.8 Å². The van der Waals surface area contributed by atoms with Gasteiger partial charge in [0.15, 0.2) is 0 Å². The van der Waals surface area contributed by atoms with Crippen LogP contribution in [0.25, 0.3) is 0 Å². The zero-order chi connectivity index (χ0) is 11.1. The number of hydrogen-bond acceptors (Lipinski definition) is 4. The molecule has 82 valence electrons.